The van der Waals surface area contributed by atoms with Crippen molar-refractivity contribution in [2.24, 2.45) is 46.3 Å². The normalized spacial score (nSPS) is 48.6. The summed E-state index contributed by atoms with van der Waals surface area (Å²) >= 11 is 0. The number of hydrogen-bond donors (Lipinski definition) is 2. The van der Waals surface area contributed by atoms with E-state index >= 15 is 0 Å². The average Bonchev–Trinajstić information content (AvgIpc) is 3.40. The van der Waals surface area contributed by atoms with Crippen LogP contribution in [0.1, 0.15) is 91.9 Å². The first-order valence-corrected chi connectivity index (χ1v) is 17.4. The van der Waals surface area contributed by atoms with Crippen molar-refractivity contribution in [3.63, 3.8) is 0 Å². The molecule has 3 heterocycles. The van der Waals surface area contributed by atoms with Crippen LogP contribution in [0.15, 0.2) is 11.6 Å². The summed E-state index contributed by atoms with van der Waals surface area (Å²) in [6.07, 6.45) is 13.6. The molecule has 0 aromatic heterocycles. The third-order valence-corrected chi connectivity index (χ3v) is 14.1. The van der Waals surface area contributed by atoms with Gasteiger partial charge in [-0.05, 0) is 105 Å². The zero-order valence-electron chi connectivity index (χ0n) is 26.9. The molecule has 1 unspecified atom stereocenters. The summed E-state index contributed by atoms with van der Waals surface area (Å²) in [4.78, 5) is 29.7. The van der Waals surface area contributed by atoms with Gasteiger partial charge in [0.25, 0.3) is 0 Å². The maximum Gasteiger partial charge on any atom is 0.232 e. The van der Waals surface area contributed by atoms with Gasteiger partial charge in [-0.2, -0.15) is 0 Å². The van der Waals surface area contributed by atoms with Gasteiger partial charge < -0.3 is 19.9 Å². The standard InChI is InChI=1S/C35H56N4O3/c1-22-8-13-35(36-21-22)23(2)32-29(42-35)19-28-26-7-6-24-18-25(9-11-33(24,3)27(26)10-12-34(28,32)4)37-30(40)20-31(41)39-16-14-38(5)15-17-39/h6,22-23,25-29,32,36H,7-21H2,1-5H3,(H,37,40)/t22-,23+,25?,26-,27+,28+,29+,32+,33+,34+,35-/m1/s1. The van der Waals surface area contributed by atoms with Crippen molar-refractivity contribution in [2.45, 2.75) is 110 Å². The van der Waals surface area contributed by atoms with Gasteiger partial charge in [-0.25, -0.2) is 0 Å². The first kappa shape index (κ1) is 29.3. The zero-order chi connectivity index (χ0) is 29.4. The number of ether oxygens (including phenoxy) is 1. The molecule has 0 radical (unpaired) electrons. The van der Waals surface area contributed by atoms with Gasteiger partial charge in [0.05, 0.1) is 6.10 Å². The summed E-state index contributed by atoms with van der Waals surface area (Å²) in [6.45, 7) is 14.4. The minimum absolute atomic E-state index is 0.0137. The van der Waals surface area contributed by atoms with E-state index in [1.807, 2.05) is 4.90 Å². The van der Waals surface area contributed by atoms with Gasteiger partial charge in [-0.1, -0.05) is 39.3 Å². The van der Waals surface area contributed by atoms with Crippen molar-refractivity contribution in [1.29, 1.82) is 0 Å². The summed E-state index contributed by atoms with van der Waals surface area (Å²) in [5.41, 5.74) is 2.11. The number of carbonyl (C=O) groups excluding carboxylic acids is 2. The van der Waals surface area contributed by atoms with Crippen LogP contribution < -0.4 is 10.6 Å². The number of nitrogens with zero attached hydrogens (tertiary/aromatic N) is 2. The minimum atomic E-state index is -0.0958. The monoisotopic (exact) mass is 580 g/mol. The van der Waals surface area contributed by atoms with Crippen LogP contribution in [0.4, 0.5) is 0 Å². The molecule has 0 aromatic rings. The van der Waals surface area contributed by atoms with E-state index in [4.69, 9.17) is 4.74 Å². The Morgan fingerprint density at radius 2 is 1.83 bits per heavy atom. The number of piperazine rings is 1. The highest BCUT2D eigenvalue weighted by atomic mass is 16.5. The molecule has 7 nitrogen and oxygen atoms in total. The van der Waals surface area contributed by atoms with Gasteiger partial charge in [-0.15, -0.1) is 0 Å². The predicted molar refractivity (Wildman–Crippen MR) is 164 cm³/mol. The largest absolute Gasteiger partial charge is 0.357 e. The summed E-state index contributed by atoms with van der Waals surface area (Å²) in [6, 6.07) is 0.157. The van der Waals surface area contributed by atoms with Crippen molar-refractivity contribution >= 4 is 11.8 Å². The number of allylic oxidation sites excluding steroid dienone is 1. The van der Waals surface area contributed by atoms with Crippen LogP contribution in [0.25, 0.3) is 0 Å². The van der Waals surface area contributed by atoms with Gasteiger partial charge in [0.1, 0.15) is 12.1 Å². The second-order valence-corrected chi connectivity index (χ2v) is 16.3. The molecular weight excluding hydrogens is 524 g/mol. The molecule has 11 atom stereocenters. The van der Waals surface area contributed by atoms with Crippen LogP contribution in [0.2, 0.25) is 0 Å². The van der Waals surface area contributed by atoms with E-state index in [1.165, 1.54) is 38.5 Å². The highest BCUT2D eigenvalue weighted by Gasteiger charge is 2.68. The van der Waals surface area contributed by atoms with Crippen LogP contribution in [0.3, 0.4) is 0 Å². The molecule has 42 heavy (non-hydrogen) atoms. The van der Waals surface area contributed by atoms with E-state index in [0.717, 1.165) is 75.7 Å². The molecule has 3 aliphatic heterocycles. The third-order valence-electron chi connectivity index (χ3n) is 14.1. The molecule has 7 rings (SSSR count). The lowest BCUT2D eigenvalue weighted by Gasteiger charge is -2.58. The Morgan fingerprint density at radius 1 is 1.05 bits per heavy atom. The first-order valence-electron chi connectivity index (χ1n) is 17.4. The summed E-state index contributed by atoms with van der Waals surface area (Å²) in [7, 11) is 2.08. The molecule has 2 amide bonds. The van der Waals surface area contributed by atoms with E-state index < -0.39 is 0 Å². The molecule has 0 bridgehead atoms. The second-order valence-electron chi connectivity index (χ2n) is 16.3. The Bertz CT molecular complexity index is 1110. The molecule has 7 aliphatic rings. The van der Waals surface area contributed by atoms with Crippen LogP contribution in [-0.2, 0) is 14.3 Å². The molecule has 1 spiro atoms. The highest BCUT2D eigenvalue weighted by molar-refractivity contribution is 5.97. The smallest absolute Gasteiger partial charge is 0.232 e. The fourth-order valence-corrected chi connectivity index (χ4v) is 11.6. The average molecular weight is 581 g/mol. The number of amides is 2. The fraction of sp³-hybridized carbons (Fsp3) is 0.886. The lowest BCUT2D eigenvalue weighted by molar-refractivity contribution is -0.137. The van der Waals surface area contributed by atoms with E-state index in [1.54, 1.807) is 5.57 Å². The maximum absolute atomic E-state index is 12.9. The van der Waals surface area contributed by atoms with Crippen molar-refractivity contribution < 1.29 is 14.3 Å². The van der Waals surface area contributed by atoms with E-state index in [2.05, 4.69) is 56.4 Å². The van der Waals surface area contributed by atoms with E-state index in [9.17, 15) is 9.59 Å². The lowest BCUT2D eigenvalue weighted by Crippen LogP contribution is -2.57. The van der Waals surface area contributed by atoms with Crippen molar-refractivity contribution in [1.82, 2.24) is 20.4 Å². The summed E-state index contributed by atoms with van der Waals surface area (Å²) in [5, 5.41) is 7.16. The van der Waals surface area contributed by atoms with Crippen molar-refractivity contribution in [3.8, 4) is 0 Å². The molecular formula is C35H56N4O3. The molecule has 3 saturated heterocycles. The SMILES string of the molecule is C[C@@H]1CC[C@@]2(NC1)O[C@H]1C[C@H]3[C@@H]4CC=C5CC(NC(=O)CC(=O)N6CCN(C)CC6)CC[C@]5(C)[C@H]4CC[C@]3(C)[C@H]1[C@@H]2C. The van der Waals surface area contributed by atoms with Gasteiger partial charge in [0.2, 0.25) is 11.8 Å². The molecule has 0 aromatic carbocycles. The van der Waals surface area contributed by atoms with E-state index in [0.29, 0.717) is 23.4 Å². The third kappa shape index (κ3) is 4.62. The number of fused-ring (bicyclic) bond motifs is 7. The fourth-order valence-electron chi connectivity index (χ4n) is 11.6. The lowest BCUT2D eigenvalue weighted by atomic mass is 9.46. The number of carbonyl (C=O) groups is 2. The molecule has 3 saturated carbocycles. The summed E-state index contributed by atoms with van der Waals surface area (Å²) < 4.78 is 7.07. The predicted octanol–water partition coefficient (Wildman–Crippen LogP) is 4.57. The van der Waals surface area contributed by atoms with Crippen molar-refractivity contribution in [3.05, 3.63) is 11.6 Å². The molecule has 4 aliphatic carbocycles. The van der Waals surface area contributed by atoms with Gasteiger partial charge in [0.15, 0.2) is 0 Å². The quantitative estimate of drug-likeness (QED) is 0.378. The van der Waals surface area contributed by atoms with E-state index in [-0.39, 0.29) is 35.4 Å². The Morgan fingerprint density at radius 3 is 2.57 bits per heavy atom. The van der Waals surface area contributed by atoms with Crippen molar-refractivity contribution in [2.75, 3.05) is 39.8 Å². The van der Waals surface area contributed by atoms with Crippen LogP contribution in [0.5, 0.6) is 0 Å². The molecule has 2 N–H and O–H groups in total. The zero-order valence-corrected chi connectivity index (χ0v) is 26.9. The topological polar surface area (TPSA) is 73.9 Å². The molecule has 6 fully saturated rings. The molecule has 234 valence electrons. The maximum atomic E-state index is 12.9. The summed E-state index contributed by atoms with van der Waals surface area (Å²) in [5.74, 6) is 4.12. The van der Waals surface area contributed by atoms with Crippen LogP contribution in [-0.4, -0.2) is 79.3 Å². The number of rotatable bonds is 3. The number of nitrogens with one attached hydrogen (secondary N) is 2. The Balaban J connectivity index is 0.995. The molecule has 7 heteroatoms. The second kappa shape index (κ2) is 10.6. The van der Waals surface area contributed by atoms with Gasteiger partial charge >= 0.3 is 0 Å². The Labute approximate surface area is 253 Å². The highest BCUT2D eigenvalue weighted by Crippen LogP contribution is 2.70. The number of likely N-dealkylation sites (N-methyl/N-ethyl adjacent to an activating group) is 1. The van der Waals surface area contributed by atoms with Crippen LogP contribution in [0, 0.1) is 46.3 Å². The van der Waals surface area contributed by atoms with Gasteiger partial charge in [0, 0.05) is 44.7 Å². The van der Waals surface area contributed by atoms with Gasteiger partial charge in [-0.3, -0.25) is 14.9 Å². The Hall–Kier alpha value is -1.44. The minimum Gasteiger partial charge on any atom is -0.357 e. The number of hydrogen-bond acceptors (Lipinski definition) is 5. The van der Waals surface area contributed by atoms with Crippen LogP contribution >= 0.6 is 0 Å². The Kier molecular flexibility index (Phi) is 7.38. The first-order chi connectivity index (χ1) is 20.0. The number of piperidine rings is 1.